The SMILES string of the molecule is C1=CC2CC1C13CCC21CC3. The Morgan fingerprint density at radius 1 is 0.818 bits per heavy atom. The highest BCUT2D eigenvalue weighted by molar-refractivity contribution is 5.33. The molecule has 0 radical (unpaired) electrons. The second-order valence-corrected chi connectivity index (χ2v) is 5.15. The molecule has 3 saturated carbocycles. The largest absolute Gasteiger partial charge is 0.0845 e. The van der Waals surface area contributed by atoms with Crippen LogP contribution >= 0.6 is 0 Å². The van der Waals surface area contributed by atoms with Crippen LogP contribution in [0.1, 0.15) is 32.1 Å². The maximum absolute atomic E-state index is 2.53. The smallest absolute Gasteiger partial charge is 0.0165 e. The van der Waals surface area contributed by atoms with Crippen molar-refractivity contribution >= 4 is 0 Å². The molecule has 0 aromatic carbocycles. The lowest BCUT2D eigenvalue weighted by Crippen LogP contribution is -2.61. The van der Waals surface area contributed by atoms with Gasteiger partial charge in [-0.15, -0.1) is 0 Å². The molecule has 3 fully saturated rings. The molecule has 0 heteroatoms. The normalized spacial score (nSPS) is 68.4. The van der Waals surface area contributed by atoms with Crippen molar-refractivity contribution in [1.29, 1.82) is 0 Å². The molecule has 0 amide bonds. The molecule has 0 saturated heterocycles. The average Bonchev–Trinajstić information content (AvgIpc) is 2.39. The standard InChI is InChI=1S/C11H14/c1-2-9-7-8(1)10-3-5-11(9,10)6-4-10/h1-2,8-9H,3-7H2. The molecule has 2 atom stereocenters. The van der Waals surface area contributed by atoms with E-state index in [0.29, 0.717) is 0 Å². The van der Waals surface area contributed by atoms with Crippen molar-refractivity contribution in [3.05, 3.63) is 12.2 Å². The van der Waals surface area contributed by atoms with Crippen LogP contribution in [0, 0.1) is 22.7 Å². The highest BCUT2D eigenvalue weighted by Gasteiger charge is 2.75. The molecule has 0 heterocycles. The van der Waals surface area contributed by atoms with Gasteiger partial charge in [0.15, 0.2) is 0 Å². The Labute approximate surface area is 67.7 Å². The van der Waals surface area contributed by atoms with Crippen LogP contribution in [0.3, 0.4) is 0 Å². The van der Waals surface area contributed by atoms with Gasteiger partial charge in [-0.05, 0) is 54.8 Å². The molecule has 2 unspecified atom stereocenters. The van der Waals surface area contributed by atoms with Crippen molar-refractivity contribution in [2.45, 2.75) is 32.1 Å². The van der Waals surface area contributed by atoms with E-state index in [-0.39, 0.29) is 0 Å². The van der Waals surface area contributed by atoms with Gasteiger partial charge in [0.05, 0.1) is 0 Å². The zero-order valence-corrected chi connectivity index (χ0v) is 6.84. The summed E-state index contributed by atoms with van der Waals surface area (Å²) in [5.41, 5.74) is 1.76. The van der Waals surface area contributed by atoms with E-state index < -0.39 is 0 Å². The Balaban J connectivity index is 1.97. The van der Waals surface area contributed by atoms with Crippen LogP contribution in [-0.2, 0) is 0 Å². The molecule has 2 bridgehead atoms. The molecule has 11 heavy (non-hydrogen) atoms. The lowest BCUT2D eigenvalue weighted by molar-refractivity contribution is -0.186. The second kappa shape index (κ2) is 1.22. The summed E-state index contributed by atoms with van der Waals surface area (Å²) < 4.78 is 0. The fraction of sp³-hybridized carbons (Fsp3) is 0.818. The number of hydrogen-bond donors (Lipinski definition) is 0. The topological polar surface area (TPSA) is 0 Å². The molecule has 0 aromatic heterocycles. The first-order valence-electron chi connectivity index (χ1n) is 5.06. The minimum atomic E-state index is 0.881. The first kappa shape index (κ1) is 5.40. The highest BCUT2D eigenvalue weighted by atomic mass is 14.8. The predicted octanol–water partition coefficient (Wildman–Crippen LogP) is 2.75. The molecular weight excluding hydrogens is 132 g/mol. The summed E-state index contributed by atoms with van der Waals surface area (Å²) in [7, 11) is 0. The van der Waals surface area contributed by atoms with Crippen LogP contribution in [0.4, 0.5) is 0 Å². The summed E-state index contributed by atoms with van der Waals surface area (Å²) in [6.45, 7) is 0. The number of allylic oxidation sites excluding steroid dienone is 2. The molecule has 4 rings (SSSR count). The third kappa shape index (κ3) is 0.305. The third-order valence-corrected chi connectivity index (χ3v) is 5.53. The fourth-order valence-corrected chi connectivity index (χ4v) is 4.78. The molecule has 0 aromatic rings. The molecule has 0 spiro atoms. The van der Waals surface area contributed by atoms with E-state index in [2.05, 4.69) is 12.2 Å². The number of rotatable bonds is 0. The second-order valence-electron chi connectivity index (χ2n) is 5.15. The summed E-state index contributed by atoms with van der Waals surface area (Å²) in [4.78, 5) is 0. The van der Waals surface area contributed by atoms with Crippen LogP contribution in [-0.4, -0.2) is 0 Å². The zero-order chi connectivity index (χ0) is 7.10. The van der Waals surface area contributed by atoms with Crippen LogP contribution in [0.5, 0.6) is 0 Å². The molecule has 58 valence electrons. The van der Waals surface area contributed by atoms with E-state index >= 15 is 0 Å². The quantitative estimate of drug-likeness (QED) is 0.461. The van der Waals surface area contributed by atoms with E-state index in [9.17, 15) is 0 Å². The summed E-state index contributed by atoms with van der Waals surface area (Å²) in [5, 5.41) is 0. The van der Waals surface area contributed by atoms with Crippen molar-refractivity contribution in [1.82, 2.24) is 0 Å². The summed E-state index contributed by atoms with van der Waals surface area (Å²) >= 11 is 0. The maximum Gasteiger partial charge on any atom is -0.0165 e. The third-order valence-electron chi connectivity index (χ3n) is 5.53. The van der Waals surface area contributed by atoms with E-state index in [0.717, 1.165) is 22.7 Å². The van der Waals surface area contributed by atoms with Gasteiger partial charge in [-0.1, -0.05) is 12.2 Å². The number of fused-ring (bicyclic) bond motifs is 2. The molecule has 0 nitrogen and oxygen atoms in total. The van der Waals surface area contributed by atoms with Gasteiger partial charge in [-0.25, -0.2) is 0 Å². The molecule has 0 aliphatic heterocycles. The van der Waals surface area contributed by atoms with Crippen LogP contribution in [0.2, 0.25) is 0 Å². The van der Waals surface area contributed by atoms with Crippen molar-refractivity contribution in [3.63, 3.8) is 0 Å². The van der Waals surface area contributed by atoms with E-state index in [1.165, 1.54) is 6.42 Å². The minimum Gasteiger partial charge on any atom is -0.0845 e. The Bertz CT molecular complexity index is 227. The van der Waals surface area contributed by atoms with Crippen LogP contribution in [0.25, 0.3) is 0 Å². The molecule has 0 N–H and O–H groups in total. The first-order valence-corrected chi connectivity index (χ1v) is 5.06. The van der Waals surface area contributed by atoms with Crippen molar-refractivity contribution in [2.24, 2.45) is 22.7 Å². The van der Waals surface area contributed by atoms with E-state index in [4.69, 9.17) is 0 Å². The van der Waals surface area contributed by atoms with Gasteiger partial charge in [0.25, 0.3) is 0 Å². The zero-order valence-electron chi connectivity index (χ0n) is 6.84. The monoisotopic (exact) mass is 146 g/mol. The molecule has 4 aliphatic carbocycles. The van der Waals surface area contributed by atoms with Crippen LogP contribution < -0.4 is 0 Å². The van der Waals surface area contributed by atoms with Gasteiger partial charge in [0.1, 0.15) is 0 Å². The Kier molecular flexibility index (Phi) is 0.596. The lowest BCUT2D eigenvalue weighted by atomic mass is 9.35. The van der Waals surface area contributed by atoms with Gasteiger partial charge in [0, 0.05) is 0 Å². The lowest BCUT2D eigenvalue weighted by Gasteiger charge is -2.69. The highest BCUT2D eigenvalue weighted by Crippen LogP contribution is 2.83. The summed E-state index contributed by atoms with van der Waals surface area (Å²) in [6, 6.07) is 0. The van der Waals surface area contributed by atoms with E-state index in [1.807, 2.05) is 0 Å². The minimum absolute atomic E-state index is 0.881. The summed E-state index contributed by atoms with van der Waals surface area (Å²) in [5.74, 6) is 2.05. The van der Waals surface area contributed by atoms with Gasteiger partial charge >= 0.3 is 0 Å². The maximum atomic E-state index is 2.53. The van der Waals surface area contributed by atoms with Gasteiger partial charge in [-0.3, -0.25) is 0 Å². The molecule has 4 aliphatic rings. The average molecular weight is 146 g/mol. The summed E-state index contributed by atoms with van der Waals surface area (Å²) in [6.07, 6.45) is 12.9. The predicted molar refractivity (Wildman–Crippen MR) is 44.1 cm³/mol. The van der Waals surface area contributed by atoms with Gasteiger partial charge in [0.2, 0.25) is 0 Å². The van der Waals surface area contributed by atoms with Crippen molar-refractivity contribution in [2.75, 3.05) is 0 Å². The van der Waals surface area contributed by atoms with Crippen molar-refractivity contribution in [3.8, 4) is 0 Å². The Morgan fingerprint density at radius 3 is 1.55 bits per heavy atom. The van der Waals surface area contributed by atoms with E-state index in [1.54, 1.807) is 25.7 Å². The Morgan fingerprint density at radius 2 is 1.27 bits per heavy atom. The van der Waals surface area contributed by atoms with Crippen LogP contribution in [0.15, 0.2) is 12.2 Å². The first-order chi connectivity index (χ1) is 5.37. The van der Waals surface area contributed by atoms with Gasteiger partial charge in [-0.2, -0.15) is 0 Å². The van der Waals surface area contributed by atoms with Crippen molar-refractivity contribution < 1.29 is 0 Å². The fourth-order valence-electron chi connectivity index (χ4n) is 4.78. The number of hydrogen-bond acceptors (Lipinski definition) is 0. The van der Waals surface area contributed by atoms with Gasteiger partial charge < -0.3 is 0 Å². The Hall–Kier alpha value is -0.260. The molecular formula is C11H14.